The summed E-state index contributed by atoms with van der Waals surface area (Å²) >= 11 is 0. The second kappa shape index (κ2) is 5.40. The van der Waals surface area contributed by atoms with Crippen LogP contribution >= 0.6 is 0 Å². The molecule has 0 amide bonds. The molecule has 0 fully saturated rings. The number of benzene rings is 2. The van der Waals surface area contributed by atoms with Gasteiger partial charge in [0.15, 0.2) is 0 Å². The smallest absolute Gasteiger partial charge is 0.144 e. The predicted octanol–water partition coefficient (Wildman–Crippen LogP) is 3.03. The predicted molar refractivity (Wildman–Crippen MR) is 71.1 cm³/mol. The van der Waals surface area contributed by atoms with Gasteiger partial charge in [-0.3, -0.25) is 0 Å². The molecule has 0 spiro atoms. The normalized spacial score (nSPS) is 10.1. The third kappa shape index (κ3) is 2.71. The molecule has 0 aliphatic heterocycles. The number of methoxy groups -OCH3 is 1. The zero-order valence-corrected chi connectivity index (χ0v) is 10.1. The minimum absolute atomic E-state index is 0.223. The Labute approximate surface area is 105 Å². The fraction of sp³-hybridized carbons (Fsp3) is 0.143. The maximum atomic E-state index is 13.4. The molecular weight excluding hydrogens is 231 g/mol. The zero-order chi connectivity index (χ0) is 13.0. The molecule has 0 bridgehead atoms. The third-order valence-corrected chi connectivity index (χ3v) is 2.65. The minimum Gasteiger partial charge on any atom is -0.495 e. The van der Waals surface area contributed by atoms with E-state index in [9.17, 15) is 4.39 Å². The lowest BCUT2D eigenvalue weighted by atomic mass is 10.2. The van der Waals surface area contributed by atoms with E-state index in [4.69, 9.17) is 10.5 Å². The highest BCUT2D eigenvalue weighted by molar-refractivity contribution is 5.62. The molecule has 0 saturated heterocycles. The van der Waals surface area contributed by atoms with E-state index in [0.29, 0.717) is 23.5 Å². The first kappa shape index (κ1) is 12.2. The summed E-state index contributed by atoms with van der Waals surface area (Å²) < 4.78 is 18.7. The van der Waals surface area contributed by atoms with Crippen molar-refractivity contribution < 1.29 is 9.13 Å². The van der Waals surface area contributed by atoms with Crippen molar-refractivity contribution in [2.75, 3.05) is 18.2 Å². The fourth-order valence-electron chi connectivity index (χ4n) is 1.69. The van der Waals surface area contributed by atoms with E-state index in [1.54, 1.807) is 37.4 Å². The number of nitrogen functional groups attached to an aromatic ring is 1. The van der Waals surface area contributed by atoms with E-state index < -0.39 is 0 Å². The highest BCUT2D eigenvalue weighted by Gasteiger charge is 2.05. The number of rotatable bonds is 4. The van der Waals surface area contributed by atoms with Crippen LogP contribution in [-0.2, 0) is 6.54 Å². The number of anilines is 2. The Bertz CT molecular complexity index is 543. The van der Waals surface area contributed by atoms with Crippen molar-refractivity contribution in [1.29, 1.82) is 0 Å². The number of ether oxygens (including phenoxy) is 1. The lowest BCUT2D eigenvalue weighted by Gasteiger charge is -2.12. The minimum atomic E-state index is -0.223. The van der Waals surface area contributed by atoms with Gasteiger partial charge in [0.25, 0.3) is 0 Å². The van der Waals surface area contributed by atoms with Crippen molar-refractivity contribution >= 4 is 11.4 Å². The molecule has 0 radical (unpaired) electrons. The van der Waals surface area contributed by atoms with Gasteiger partial charge in [-0.05, 0) is 18.2 Å². The summed E-state index contributed by atoms with van der Waals surface area (Å²) in [6, 6.07) is 12.0. The molecule has 2 rings (SSSR count). The fourth-order valence-corrected chi connectivity index (χ4v) is 1.69. The molecule has 0 atom stereocenters. The summed E-state index contributed by atoms with van der Waals surface area (Å²) in [5, 5.41) is 3.13. The molecule has 18 heavy (non-hydrogen) atoms. The van der Waals surface area contributed by atoms with Gasteiger partial charge < -0.3 is 15.8 Å². The second-order valence-electron chi connectivity index (χ2n) is 3.90. The average molecular weight is 246 g/mol. The van der Waals surface area contributed by atoms with Crippen molar-refractivity contribution in [3.05, 3.63) is 53.8 Å². The van der Waals surface area contributed by atoms with E-state index >= 15 is 0 Å². The van der Waals surface area contributed by atoms with Gasteiger partial charge in [0, 0.05) is 23.9 Å². The first-order chi connectivity index (χ1) is 8.70. The Morgan fingerprint density at radius 1 is 1.22 bits per heavy atom. The van der Waals surface area contributed by atoms with Crippen molar-refractivity contribution in [3.8, 4) is 5.75 Å². The van der Waals surface area contributed by atoms with Crippen LogP contribution in [0.4, 0.5) is 15.8 Å². The zero-order valence-electron chi connectivity index (χ0n) is 10.1. The molecule has 0 aliphatic carbocycles. The SMILES string of the molecule is COc1cc(N)ccc1NCc1ccccc1F. The Morgan fingerprint density at radius 2 is 2.00 bits per heavy atom. The number of nitrogens with one attached hydrogen (secondary N) is 1. The van der Waals surface area contributed by atoms with Crippen molar-refractivity contribution in [3.63, 3.8) is 0 Å². The molecular formula is C14H15FN2O. The quantitative estimate of drug-likeness (QED) is 0.815. The summed E-state index contributed by atoms with van der Waals surface area (Å²) in [7, 11) is 1.57. The molecule has 2 aromatic carbocycles. The highest BCUT2D eigenvalue weighted by Crippen LogP contribution is 2.27. The van der Waals surface area contributed by atoms with Gasteiger partial charge in [0.2, 0.25) is 0 Å². The molecule has 3 nitrogen and oxygen atoms in total. The van der Waals surface area contributed by atoms with Gasteiger partial charge in [0.1, 0.15) is 11.6 Å². The largest absolute Gasteiger partial charge is 0.495 e. The van der Waals surface area contributed by atoms with E-state index in [1.807, 2.05) is 6.07 Å². The van der Waals surface area contributed by atoms with Crippen LogP contribution in [0, 0.1) is 5.82 Å². The van der Waals surface area contributed by atoms with Crippen LogP contribution in [0.1, 0.15) is 5.56 Å². The summed E-state index contributed by atoms with van der Waals surface area (Å²) in [6.45, 7) is 0.396. The summed E-state index contributed by atoms with van der Waals surface area (Å²) in [5.74, 6) is 0.422. The van der Waals surface area contributed by atoms with Crippen LogP contribution in [0.5, 0.6) is 5.75 Å². The number of nitrogens with two attached hydrogens (primary N) is 1. The van der Waals surface area contributed by atoms with Crippen LogP contribution in [0.15, 0.2) is 42.5 Å². The Hall–Kier alpha value is -2.23. The standard InChI is InChI=1S/C14H15FN2O/c1-18-14-8-11(16)6-7-13(14)17-9-10-4-2-3-5-12(10)15/h2-8,17H,9,16H2,1H3. The Morgan fingerprint density at radius 3 is 2.72 bits per heavy atom. The monoisotopic (exact) mass is 246 g/mol. The van der Waals surface area contributed by atoms with Gasteiger partial charge in [-0.2, -0.15) is 0 Å². The van der Waals surface area contributed by atoms with Gasteiger partial charge in [-0.25, -0.2) is 4.39 Å². The van der Waals surface area contributed by atoms with Crippen LogP contribution in [0.2, 0.25) is 0 Å². The molecule has 3 N–H and O–H groups in total. The van der Waals surface area contributed by atoms with E-state index in [-0.39, 0.29) is 5.82 Å². The molecule has 0 aliphatic rings. The van der Waals surface area contributed by atoms with Gasteiger partial charge in [-0.1, -0.05) is 18.2 Å². The van der Waals surface area contributed by atoms with Gasteiger partial charge in [-0.15, -0.1) is 0 Å². The first-order valence-corrected chi connectivity index (χ1v) is 5.61. The van der Waals surface area contributed by atoms with Crippen LogP contribution in [-0.4, -0.2) is 7.11 Å². The Balaban J connectivity index is 2.13. The maximum absolute atomic E-state index is 13.4. The molecule has 2 aromatic rings. The molecule has 94 valence electrons. The average Bonchev–Trinajstić information content (AvgIpc) is 2.39. The number of hydrogen-bond acceptors (Lipinski definition) is 3. The highest BCUT2D eigenvalue weighted by atomic mass is 19.1. The van der Waals surface area contributed by atoms with Crippen LogP contribution in [0.25, 0.3) is 0 Å². The van der Waals surface area contributed by atoms with E-state index in [1.165, 1.54) is 6.07 Å². The molecule has 4 heteroatoms. The molecule has 0 aromatic heterocycles. The van der Waals surface area contributed by atoms with Gasteiger partial charge >= 0.3 is 0 Å². The summed E-state index contributed by atoms with van der Waals surface area (Å²) in [4.78, 5) is 0. The van der Waals surface area contributed by atoms with Crippen LogP contribution in [0.3, 0.4) is 0 Å². The van der Waals surface area contributed by atoms with Crippen molar-refractivity contribution in [1.82, 2.24) is 0 Å². The van der Waals surface area contributed by atoms with Gasteiger partial charge in [0.05, 0.1) is 12.8 Å². The first-order valence-electron chi connectivity index (χ1n) is 5.61. The van der Waals surface area contributed by atoms with E-state index in [0.717, 1.165) is 5.69 Å². The molecule has 0 saturated carbocycles. The topological polar surface area (TPSA) is 47.3 Å². The number of hydrogen-bond donors (Lipinski definition) is 2. The molecule has 0 unspecified atom stereocenters. The molecule has 0 heterocycles. The summed E-state index contributed by atoms with van der Waals surface area (Å²) in [6.07, 6.45) is 0. The maximum Gasteiger partial charge on any atom is 0.144 e. The summed E-state index contributed by atoms with van der Waals surface area (Å²) in [5.41, 5.74) is 7.69. The number of halogens is 1. The van der Waals surface area contributed by atoms with E-state index in [2.05, 4.69) is 5.32 Å². The lowest BCUT2D eigenvalue weighted by molar-refractivity contribution is 0.416. The lowest BCUT2D eigenvalue weighted by Crippen LogP contribution is -2.03. The van der Waals surface area contributed by atoms with Crippen molar-refractivity contribution in [2.24, 2.45) is 0 Å². The Kier molecular flexibility index (Phi) is 3.67. The second-order valence-corrected chi connectivity index (χ2v) is 3.90. The third-order valence-electron chi connectivity index (χ3n) is 2.65. The van der Waals surface area contributed by atoms with Crippen molar-refractivity contribution in [2.45, 2.75) is 6.54 Å². The van der Waals surface area contributed by atoms with Crippen LogP contribution < -0.4 is 15.8 Å².